The van der Waals surface area contributed by atoms with Crippen LogP contribution in [0.4, 0.5) is 11.6 Å². The predicted octanol–water partition coefficient (Wildman–Crippen LogP) is 3.96. The van der Waals surface area contributed by atoms with Crippen LogP contribution in [0.25, 0.3) is 16.7 Å². The number of aromatic nitrogens is 3. The summed E-state index contributed by atoms with van der Waals surface area (Å²) in [5.74, 6) is -0.641. The van der Waals surface area contributed by atoms with Crippen molar-refractivity contribution >= 4 is 34.5 Å². The Morgan fingerprint density at radius 2 is 1.84 bits per heavy atom. The maximum absolute atomic E-state index is 13.3. The highest BCUT2D eigenvalue weighted by Crippen LogP contribution is 2.30. The van der Waals surface area contributed by atoms with Crippen molar-refractivity contribution in [3.05, 3.63) is 87.3 Å². The predicted molar refractivity (Wildman–Crippen MR) is 162 cm³/mol. The molecule has 0 unspecified atom stereocenters. The highest BCUT2D eigenvalue weighted by atomic mass is 16.6. The molecule has 1 aliphatic carbocycles. The van der Waals surface area contributed by atoms with Gasteiger partial charge < -0.3 is 19.9 Å². The summed E-state index contributed by atoms with van der Waals surface area (Å²) in [5, 5.41) is 12.4. The van der Waals surface area contributed by atoms with Gasteiger partial charge in [-0.05, 0) is 92.1 Å². The van der Waals surface area contributed by atoms with Gasteiger partial charge in [-0.2, -0.15) is 4.98 Å². The van der Waals surface area contributed by atoms with Gasteiger partial charge in [-0.3, -0.25) is 19.2 Å². The van der Waals surface area contributed by atoms with Crippen LogP contribution in [-0.4, -0.2) is 63.2 Å². The van der Waals surface area contributed by atoms with Gasteiger partial charge in [0.05, 0.1) is 18.9 Å². The second-order valence-electron chi connectivity index (χ2n) is 11.1. The smallest absolute Gasteiger partial charge is 0.304 e. The van der Waals surface area contributed by atoms with E-state index in [1.54, 1.807) is 4.57 Å². The summed E-state index contributed by atoms with van der Waals surface area (Å²) in [4.78, 5) is 53.0. The lowest BCUT2D eigenvalue weighted by Crippen LogP contribution is -2.34. The summed E-state index contributed by atoms with van der Waals surface area (Å²) in [6, 6.07) is 14.4. The zero-order valence-electron chi connectivity index (χ0n) is 24.0. The molecule has 2 aromatic heterocycles. The van der Waals surface area contributed by atoms with E-state index in [0.717, 1.165) is 56.6 Å². The van der Waals surface area contributed by atoms with Crippen LogP contribution < -0.4 is 16.2 Å². The lowest BCUT2D eigenvalue weighted by atomic mass is 9.89. The zero-order chi connectivity index (χ0) is 29.9. The molecule has 3 heterocycles. The molecule has 222 valence electrons. The van der Waals surface area contributed by atoms with Crippen LogP contribution in [0.15, 0.2) is 59.7 Å². The first-order valence-electron chi connectivity index (χ1n) is 14.6. The molecule has 0 saturated carbocycles. The van der Waals surface area contributed by atoms with E-state index in [1.807, 2.05) is 18.2 Å². The van der Waals surface area contributed by atoms with Crippen LogP contribution in [0.5, 0.6) is 0 Å². The van der Waals surface area contributed by atoms with Crippen molar-refractivity contribution in [2.24, 2.45) is 0 Å². The number of rotatable bonds is 9. The van der Waals surface area contributed by atoms with E-state index in [4.69, 9.17) is 14.9 Å². The van der Waals surface area contributed by atoms with Crippen molar-refractivity contribution in [2.45, 2.75) is 44.4 Å². The van der Waals surface area contributed by atoms with E-state index in [0.29, 0.717) is 24.1 Å². The number of piperidine rings is 1. The van der Waals surface area contributed by atoms with Crippen LogP contribution in [-0.2, 0) is 22.5 Å². The van der Waals surface area contributed by atoms with Crippen molar-refractivity contribution in [1.82, 2.24) is 24.9 Å². The number of aliphatic carboxylic acids is 1. The number of benzene rings is 2. The summed E-state index contributed by atoms with van der Waals surface area (Å²) in [6.07, 6.45) is 8.25. The zero-order valence-corrected chi connectivity index (χ0v) is 24.0. The fourth-order valence-electron chi connectivity index (χ4n) is 6.10. The summed E-state index contributed by atoms with van der Waals surface area (Å²) >= 11 is 0. The number of carbonyl (C=O) groups excluding carboxylic acids is 1. The number of nitrogens with one attached hydrogen (secondary N) is 2. The molecule has 43 heavy (non-hydrogen) atoms. The number of aryl methyl sites for hydroxylation is 2. The van der Waals surface area contributed by atoms with Gasteiger partial charge in [0.2, 0.25) is 11.4 Å². The molecule has 1 aliphatic heterocycles. The number of amides is 1. The number of carboxylic acid groups (broad SMARTS) is 1. The maximum Gasteiger partial charge on any atom is 0.304 e. The molecule has 0 spiro atoms. The second kappa shape index (κ2) is 12.3. The summed E-state index contributed by atoms with van der Waals surface area (Å²) < 4.78 is 1.76. The molecule has 1 saturated heterocycles. The van der Waals surface area contributed by atoms with Crippen molar-refractivity contribution in [3.8, 4) is 5.69 Å². The Morgan fingerprint density at radius 1 is 1.07 bits per heavy atom. The summed E-state index contributed by atoms with van der Waals surface area (Å²) in [6.45, 7) is 2.38. The Bertz CT molecular complexity index is 1730. The molecule has 0 atom stereocenters. The molecule has 6 rings (SSSR count). The van der Waals surface area contributed by atoms with Crippen LogP contribution in [0.2, 0.25) is 0 Å². The molecule has 11 heteroatoms. The third kappa shape index (κ3) is 6.13. The summed E-state index contributed by atoms with van der Waals surface area (Å²) in [5.41, 5.74) is 7.52. The van der Waals surface area contributed by atoms with Crippen LogP contribution in [0, 0.1) is 0 Å². The Morgan fingerprint density at radius 3 is 2.58 bits per heavy atom. The molecule has 2 aromatic carbocycles. The van der Waals surface area contributed by atoms with E-state index < -0.39 is 17.3 Å². The molecular formula is C32H34N6O5. The van der Waals surface area contributed by atoms with Crippen LogP contribution in [0.3, 0.4) is 0 Å². The number of hydrogen-bond acceptors (Lipinski definition) is 8. The number of hydrogen-bond donors (Lipinski definition) is 3. The lowest BCUT2D eigenvalue weighted by molar-refractivity contribution is -0.137. The fourth-order valence-corrected chi connectivity index (χ4v) is 6.10. The van der Waals surface area contributed by atoms with E-state index >= 15 is 0 Å². The Kier molecular flexibility index (Phi) is 8.17. The molecule has 1 fully saturated rings. The highest BCUT2D eigenvalue weighted by molar-refractivity contribution is 5.96. The number of likely N-dealkylation sites (tertiary alicyclic amines) is 1. The second-order valence-corrected chi connectivity index (χ2v) is 11.1. The molecule has 4 aromatic rings. The Hall–Kier alpha value is -4.61. The number of carbonyl (C=O) groups is 2. The minimum absolute atomic E-state index is 0.0672. The maximum atomic E-state index is 13.3. The van der Waals surface area contributed by atoms with Gasteiger partial charge in [-0.25, -0.2) is 10.5 Å². The topological polar surface area (TPSA) is 139 Å². The molecule has 2 aliphatic rings. The average molecular weight is 583 g/mol. The van der Waals surface area contributed by atoms with E-state index in [-0.39, 0.29) is 17.4 Å². The molecule has 0 bridgehead atoms. The minimum Gasteiger partial charge on any atom is -0.481 e. The number of anilines is 2. The first-order chi connectivity index (χ1) is 20.9. The van der Waals surface area contributed by atoms with Gasteiger partial charge in [0.15, 0.2) is 5.65 Å². The summed E-state index contributed by atoms with van der Waals surface area (Å²) in [7, 11) is 1.32. The number of nitrogens with zero attached hydrogens (tertiary/aromatic N) is 4. The van der Waals surface area contributed by atoms with Gasteiger partial charge in [-0.1, -0.05) is 18.2 Å². The molecular weight excluding hydrogens is 548 g/mol. The highest BCUT2D eigenvalue weighted by Gasteiger charge is 2.22. The lowest BCUT2D eigenvalue weighted by Gasteiger charge is -2.31. The van der Waals surface area contributed by atoms with Gasteiger partial charge in [0.1, 0.15) is 5.56 Å². The Labute approximate surface area is 248 Å². The first kappa shape index (κ1) is 28.5. The largest absolute Gasteiger partial charge is 0.481 e. The molecule has 1 amide bonds. The van der Waals surface area contributed by atoms with E-state index in [2.05, 4.69) is 44.9 Å². The van der Waals surface area contributed by atoms with Crippen molar-refractivity contribution < 1.29 is 19.5 Å². The number of pyridine rings is 1. The van der Waals surface area contributed by atoms with Crippen LogP contribution in [0.1, 0.15) is 58.6 Å². The monoisotopic (exact) mass is 582 g/mol. The van der Waals surface area contributed by atoms with Crippen molar-refractivity contribution in [2.75, 3.05) is 32.1 Å². The molecule has 3 N–H and O–H groups in total. The third-order valence-electron chi connectivity index (χ3n) is 8.41. The minimum atomic E-state index is -0.758. The average Bonchev–Trinajstić information content (AvgIpc) is 3.49. The normalized spacial score (nSPS) is 15.4. The first-order valence-corrected chi connectivity index (χ1v) is 14.6. The van der Waals surface area contributed by atoms with Crippen molar-refractivity contribution in [3.63, 3.8) is 0 Å². The Balaban J connectivity index is 1.26. The van der Waals surface area contributed by atoms with E-state index in [9.17, 15) is 14.4 Å². The van der Waals surface area contributed by atoms with Gasteiger partial charge in [-0.15, -0.1) is 0 Å². The molecule has 0 radical (unpaired) electrons. The third-order valence-corrected chi connectivity index (χ3v) is 8.41. The van der Waals surface area contributed by atoms with Gasteiger partial charge in [0.25, 0.3) is 5.91 Å². The van der Waals surface area contributed by atoms with Crippen LogP contribution >= 0.6 is 0 Å². The quantitative estimate of drug-likeness (QED) is 0.250. The molecule has 11 nitrogen and oxygen atoms in total. The number of hydroxylamine groups is 1. The van der Waals surface area contributed by atoms with Gasteiger partial charge >= 0.3 is 5.97 Å². The van der Waals surface area contributed by atoms with Crippen molar-refractivity contribution in [1.29, 1.82) is 0 Å². The number of fused-ring (bicyclic) bond motifs is 2. The fraction of sp³-hybridized carbons (Fsp3) is 0.344. The standard InChI is InChI=1S/C32H34N6O5/c1-43-36-31(42)27-19-38(25-10-7-20-3-2-4-23(20)17-25)30-26(29(27)41)18-33-32(35-30)34-24-8-5-21(6-9-24)22-11-14-37(15-12-22)16-13-28(39)40/h5-10,17-19,22H,2-4,11-16H2,1H3,(H,36,42)(H,39,40)(H,33,34,35). The SMILES string of the molecule is CONC(=O)c1cn(-c2ccc3c(c2)CCC3)c2nc(Nc3ccc(C4CCN(CCC(=O)O)CC4)cc3)ncc2c1=O. The van der Waals surface area contributed by atoms with E-state index in [1.165, 1.54) is 36.2 Å². The van der Waals surface area contributed by atoms with Gasteiger partial charge in [0, 0.05) is 30.3 Å². The number of carboxylic acids is 1.